The standard InChI is InChI=1S/C18H17N3O6S/c1-9-13(16(22)26-3)14(11-6-5-7-12(8-11)21(24)25)20-10(2)15(17(23)27-4)28-18(20)19-9/h5-8,14H,1-4H3. The maximum atomic E-state index is 12.5. The van der Waals surface area contributed by atoms with E-state index in [4.69, 9.17) is 9.47 Å². The zero-order valence-electron chi connectivity index (χ0n) is 15.6. The lowest BCUT2D eigenvalue weighted by Crippen LogP contribution is -2.36. The Hall–Kier alpha value is -3.14. The summed E-state index contributed by atoms with van der Waals surface area (Å²) in [7, 11) is 2.54. The van der Waals surface area contributed by atoms with Gasteiger partial charge in [0.1, 0.15) is 4.91 Å². The number of hydrogen-bond acceptors (Lipinski definition) is 9. The molecule has 1 atom stereocenters. The fourth-order valence-electron chi connectivity index (χ4n) is 3.15. The maximum Gasteiger partial charge on any atom is 0.346 e. The van der Waals surface area contributed by atoms with Crippen LogP contribution in [0, 0.1) is 10.1 Å². The summed E-state index contributed by atoms with van der Waals surface area (Å²) in [5.41, 5.74) is 1.61. The third-order valence-corrected chi connectivity index (χ3v) is 5.58. The van der Waals surface area contributed by atoms with Crippen LogP contribution >= 0.6 is 11.8 Å². The van der Waals surface area contributed by atoms with Gasteiger partial charge in [-0.3, -0.25) is 10.1 Å². The molecule has 9 nitrogen and oxygen atoms in total. The lowest BCUT2D eigenvalue weighted by atomic mass is 9.94. The molecule has 2 aliphatic heterocycles. The van der Waals surface area contributed by atoms with Gasteiger partial charge in [0, 0.05) is 17.8 Å². The first-order valence-electron chi connectivity index (χ1n) is 8.18. The van der Waals surface area contributed by atoms with Gasteiger partial charge >= 0.3 is 11.9 Å². The third-order valence-electron chi connectivity index (χ3n) is 4.45. The molecule has 2 aliphatic rings. The maximum absolute atomic E-state index is 12.5. The number of rotatable bonds is 4. The largest absolute Gasteiger partial charge is 0.466 e. The number of amidine groups is 1. The molecule has 0 saturated heterocycles. The Labute approximate surface area is 164 Å². The van der Waals surface area contributed by atoms with Crippen molar-refractivity contribution in [2.45, 2.75) is 19.9 Å². The van der Waals surface area contributed by atoms with E-state index in [2.05, 4.69) is 4.99 Å². The molecule has 146 valence electrons. The molecule has 0 spiro atoms. The normalized spacial score (nSPS) is 18.6. The first-order valence-corrected chi connectivity index (χ1v) is 9.00. The van der Waals surface area contributed by atoms with Gasteiger partial charge in [0.25, 0.3) is 5.69 Å². The number of methoxy groups -OCH3 is 2. The van der Waals surface area contributed by atoms with Crippen molar-refractivity contribution in [2.75, 3.05) is 14.2 Å². The SMILES string of the molecule is COC(=O)C1=C(C)N2C(=NC(C)=C(C(=O)OC)C2c2cccc([N+](=O)[O-])c2)S1. The van der Waals surface area contributed by atoms with Crippen molar-refractivity contribution in [3.05, 3.63) is 61.8 Å². The summed E-state index contributed by atoms with van der Waals surface area (Å²) >= 11 is 1.13. The van der Waals surface area contributed by atoms with Crippen LogP contribution < -0.4 is 0 Å². The highest BCUT2D eigenvalue weighted by Crippen LogP contribution is 2.47. The number of carbonyl (C=O) groups is 2. The Bertz CT molecular complexity index is 981. The van der Waals surface area contributed by atoms with Gasteiger partial charge in [-0.25, -0.2) is 14.6 Å². The summed E-state index contributed by atoms with van der Waals surface area (Å²) in [5, 5.41) is 11.7. The van der Waals surface area contributed by atoms with Gasteiger partial charge in [-0.2, -0.15) is 0 Å². The van der Waals surface area contributed by atoms with Gasteiger partial charge in [0.2, 0.25) is 0 Å². The lowest BCUT2D eigenvalue weighted by Gasteiger charge is -2.35. The van der Waals surface area contributed by atoms with E-state index in [1.807, 2.05) is 0 Å². The fraction of sp³-hybridized carbons (Fsp3) is 0.278. The average Bonchev–Trinajstić information content (AvgIpc) is 3.01. The van der Waals surface area contributed by atoms with E-state index in [0.29, 0.717) is 27.0 Å². The van der Waals surface area contributed by atoms with E-state index >= 15 is 0 Å². The van der Waals surface area contributed by atoms with Crippen molar-refractivity contribution in [2.24, 2.45) is 4.99 Å². The van der Waals surface area contributed by atoms with Crippen LogP contribution in [0.15, 0.2) is 51.1 Å². The zero-order valence-corrected chi connectivity index (χ0v) is 16.4. The first-order chi connectivity index (χ1) is 13.3. The van der Waals surface area contributed by atoms with Crippen molar-refractivity contribution in [1.29, 1.82) is 0 Å². The minimum Gasteiger partial charge on any atom is -0.466 e. The highest BCUT2D eigenvalue weighted by molar-refractivity contribution is 8.18. The average molecular weight is 403 g/mol. The number of ether oxygens (including phenoxy) is 2. The van der Waals surface area contributed by atoms with Crippen molar-refractivity contribution in [1.82, 2.24) is 4.90 Å². The summed E-state index contributed by atoms with van der Waals surface area (Å²) < 4.78 is 9.76. The number of fused-ring (bicyclic) bond motifs is 1. The van der Waals surface area contributed by atoms with Gasteiger partial charge in [-0.1, -0.05) is 12.1 Å². The molecule has 3 rings (SSSR count). The Morgan fingerprint density at radius 2 is 1.89 bits per heavy atom. The summed E-state index contributed by atoms with van der Waals surface area (Å²) in [6.07, 6.45) is 0. The van der Waals surface area contributed by atoms with Gasteiger partial charge in [0.15, 0.2) is 5.17 Å². The van der Waals surface area contributed by atoms with Gasteiger partial charge in [-0.15, -0.1) is 0 Å². The summed E-state index contributed by atoms with van der Waals surface area (Å²) in [6.45, 7) is 3.37. The number of benzene rings is 1. The molecule has 1 unspecified atom stereocenters. The minimum atomic E-state index is -0.727. The smallest absolute Gasteiger partial charge is 0.346 e. The molecule has 0 amide bonds. The molecule has 28 heavy (non-hydrogen) atoms. The van der Waals surface area contributed by atoms with Crippen molar-refractivity contribution in [3.63, 3.8) is 0 Å². The minimum absolute atomic E-state index is 0.106. The molecule has 2 heterocycles. The second kappa shape index (κ2) is 7.47. The van der Waals surface area contributed by atoms with Crippen LogP contribution in [0.2, 0.25) is 0 Å². The van der Waals surface area contributed by atoms with Gasteiger partial charge < -0.3 is 14.4 Å². The summed E-state index contributed by atoms with van der Waals surface area (Å²) in [5.74, 6) is -1.12. The summed E-state index contributed by atoms with van der Waals surface area (Å²) in [6, 6.07) is 5.28. The number of allylic oxidation sites excluding steroid dienone is 2. The van der Waals surface area contributed by atoms with E-state index in [1.54, 1.807) is 30.9 Å². The molecule has 1 aromatic rings. The van der Waals surface area contributed by atoms with E-state index in [0.717, 1.165) is 11.8 Å². The zero-order chi connectivity index (χ0) is 20.6. The molecule has 10 heteroatoms. The monoisotopic (exact) mass is 403 g/mol. The molecule has 0 aliphatic carbocycles. The predicted molar refractivity (Wildman–Crippen MR) is 102 cm³/mol. The molecular formula is C18H17N3O6S. The Balaban J connectivity index is 2.22. The molecule has 0 N–H and O–H groups in total. The third kappa shape index (κ3) is 3.15. The van der Waals surface area contributed by atoms with Crippen LogP contribution in [0.1, 0.15) is 25.5 Å². The number of non-ortho nitro benzene ring substituents is 1. The molecule has 0 bridgehead atoms. The Kier molecular flexibility index (Phi) is 5.23. The number of nitro groups is 1. The first kappa shape index (κ1) is 19.6. The van der Waals surface area contributed by atoms with Crippen molar-refractivity contribution >= 4 is 34.6 Å². The number of carbonyl (C=O) groups excluding carboxylic acids is 2. The van der Waals surface area contributed by atoms with Crippen molar-refractivity contribution < 1.29 is 24.0 Å². The number of nitro benzene ring substituents is 1. The summed E-state index contributed by atoms with van der Waals surface area (Å²) in [4.78, 5) is 41.9. The van der Waals surface area contributed by atoms with E-state index in [-0.39, 0.29) is 11.3 Å². The second-order valence-corrected chi connectivity index (χ2v) is 7.00. The quantitative estimate of drug-likeness (QED) is 0.429. The van der Waals surface area contributed by atoms with Crippen LogP contribution in [0.5, 0.6) is 0 Å². The van der Waals surface area contributed by atoms with E-state index < -0.39 is 22.9 Å². The lowest BCUT2D eigenvalue weighted by molar-refractivity contribution is -0.384. The topological polar surface area (TPSA) is 111 Å². The number of aliphatic imine (C=N–C) groups is 1. The highest BCUT2D eigenvalue weighted by Gasteiger charge is 2.43. The Morgan fingerprint density at radius 1 is 1.21 bits per heavy atom. The van der Waals surface area contributed by atoms with E-state index in [1.165, 1.54) is 26.4 Å². The number of nitrogens with zero attached hydrogens (tertiary/aromatic N) is 3. The van der Waals surface area contributed by atoms with Crippen molar-refractivity contribution in [3.8, 4) is 0 Å². The highest BCUT2D eigenvalue weighted by atomic mass is 32.2. The van der Waals surface area contributed by atoms with Crippen LogP contribution in [0.3, 0.4) is 0 Å². The number of thioether (sulfide) groups is 1. The molecule has 0 saturated carbocycles. The predicted octanol–water partition coefficient (Wildman–Crippen LogP) is 2.91. The van der Waals surface area contributed by atoms with Gasteiger partial charge in [-0.05, 0) is 31.2 Å². The second-order valence-electron chi connectivity index (χ2n) is 6.02. The van der Waals surface area contributed by atoms with Crippen LogP contribution in [0.4, 0.5) is 5.69 Å². The Morgan fingerprint density at radius 3 is 2.50 bits per heavy atom. The number of hydrogen-bond donors (Lipinski definition) is 0. The number of esters is 2. The van der Waals surface area contributed by atoms with E-state index in [9.17, 15) is 19.7 Å². The van der Waals surface area contributed by atoms with Crippen LogP contribution in [-0.2, 0) is 19.1 Å². The molecule has 1 aromatic carbocycles. The van der Waals surface area contributed by atoms with Crippen LogP contribution in [-0.4, -0.2) is 41.1 Å². The fourth-order valence-corrected chi connectivity index (χ4v) is 4.27. The molecule has 0 aromatic heterocycles. The molecule has 0 radical (unpaired) electrons. The molecule has 0 fully saturated rings. The van der Waals surface area contributed by atoms with Crippen LogP contribution in [0.25, 0.3) is 0 Å². The van der Waals surface area contributed by atoms with Gasteiger partial charge in [0.05, 0.1) is 36.5 Å². The molecular weight excluding hydrogens is 386 g/mol.